The van der Waals surface area contributed by atoms with Crippen LogP contribution in [-0.4, -0.2) is 45.7 Å². The third-order valence-corrected chi connectivity index (χ3v) is 6.79. The Bertz CT molecular complexity index is 1260. The summed E-state index contributed by atoms with van der Waals surface area (Å²) in [7, 11) is 0. The molecule has 0 atom stereocenters. The average Bonchev–Trinajstić information content (AvgIpc) is 3.51. The van der Waals surface area contributed by atoms with Gasteiger partial charge in [-0.1, -0.05) is 0 Å². The van der Waals surface area contributed by atoms with Gasteiger partial charge in [-0.15, -0.1) is 0 Å². The standard InChI is InChI=1S/C24H23FN6O3S/c25-19-13-28-20(16-4-8-34-14-16)9-17(19)12-26-11-15-2-6-31(7-3-15)23-27-5-1-18(29-23)10-21-22(32)30-24(33)35-21/h1,4-5,8-10,13-15,26H,2-3,6-7,11-12H2,(H,30,32,33)/b21-10+. The number of furan rings is 1. The Labute approximate surface area is 205 Å². The molecule has 0 unspecified atom stereocenters. The number of thioether (sulfide) groups is 1. The van der Waals surface area contributed by atoms with Crippen molar-refractivity contribution in [1.29, 1.82) is 0 Å². The van der Waals surface area contributed by atoms with E-state index in [4.69, 9.17) is 4.42 Å². The summed E-state index contributed by atoms with van der Waals surface area (Å²) < 4.78 is 19.3. The number of hydrogen-bond donors (Lipinski definition) is 2. The number of imide groups is 1. The van der Waals surface area contributed by atoms with Gasteiger partial charge >= 0.3 is 0 Å². The number of anilines is 1. The van der Waals surface area contributed by atoms with Gasteiger partial charge in [0.15, 0.2) is 0 Å². The number of amides is 2. The van der Waals surface area contributed by atoms with E-state index >= 15 is 0 Å². The van der Waals surface area contributed by atoms with Crippen LogP contribution in [-0.2, 0) is 11.3 Å². The van der Waals surface area contributed by atoms with Crippen molar-refractivity contribution < 1.29 is 18.4 Å². The van der Waals surface area contributed by atoms with Crippen LogP contribution in [0.25, 0.3) is 17.3 Å². The van der Waals surface area contributed by atoms with Gasteiger partial charge in [0.05, 0.1) is 35.0 Å². The molecule has 0 radical (unpaired) electrons. The molecule has 2 aliphatic heterocycles. The van der Waals surface area contributed by atoms with Crippen molar-refractivity contribution in [3.63, 3.8) is 0 Å². The Morgan fingerprint density at radius 1 is 1.26 bits per heavy atom. The summed E-state index contributed by atoms with van der Waals surface area (Å²) in [5.41, 5.74) is 2.66. The second-order valence-electron chi connectivity index (χ2n) is 8.37. The summed E-state index contributed by atoms with van der Waals surface area (Å²) in [6.45, 7) is 2.81. The van der Waals surface area contributed by atoms with E-state index in [1.165, 1.54) is 6.20 Å². The van der Waals surface area contributed by atoms with Crippen molar-refractivity contribution in [2.24, 2.45) is 5.92 Å². The Kier molecular flexibility index (Phi) is 6.87. The van der Waals surface area contributed by atoms with E-state index < -0.39 is 5.91 Å². The SMILES string of the molecule is O=C1NC(=O)/C(=C\c2ccnc(N3CCC(CNCc4cc(-c5ccoc5)ncc4F)CC3)n2)S1. The molecule has 5 heterocycles. The van der Waals surface area contributed by atoms with Crippen molar-refractivity contribution in [2.45, 2.75) is 19.4 Å². The molecule has 5 rings (SSSR count). The molecular weight excluding hydrogens is 471 g/mol. The van der Waals surface area contributed by atoms with Gasteiger partial charge in [-0.25, -0.2) is 14.4 Å². The van der Waals surface area contributed by atoms with Crippen LogP contribution in [0.3, 0.4) is 0 Å². The molecule has 0 aromatic carbocycles. The molecule has 35 heavy (non-hydrogen) atoms. The van der Waals surface area contributed by atoms with Crippen LogP contribution in [0, 0.1) is 11.7 Å². The van der Waals surface area contributed by atoms with Crippen LogP contribution < -0.4 is 15.5 Å². The number of halogens is 1. The minimum Gasteiger partial charge on any atom is -0.472 e. The fourth-order valence-electron chi connectivity index (χ4n) is 4.08. The molecule has 0 bridgehead atoms. The van der Waals surface area contributed by atoms with E-state index in [0.717, 1.165) is 49.8 Å². The molecule has 11 heteroatoms. The lowest BCUT2D eigenvalue weighted by Gasteiger charge is -2.32. The van der Waals surface area contributed by atoms with Gasteiger partial charge < -0.3 is 14.6 Å². The van der Waals surface area contributed by atoms with Crippen LogP contribution in [0.2, 0.25) is 0 Å². The number of carbonyl (C=O) groups is 2. The van der Waals surface area contributed by atoms with Gasteiger partial charge in [-0.3, -0.25) is 19.9 Å². The lowest BCUT2D eigenvalue weighted by molar-refractivity contribution is -0.115. The Morgan fingerprint density at radius 2 is 2.11 bits per heavy atom. The normalized spacial score (nSPS) is 17.9. The molecule has 3 aromatic heterocycles. The summed E-state index contributed by atoms with van der Waals surface area (Å²) >= 11 is 0.866. The van der Waals surface area contributed by atoms with Gasteiger partial charge in [-0.05, 0) is 61.3 Å². The molecule has 0 aliphatic carbocycles. The van der Waals surface area contributed by atoms with E-state index in [1.807, 2.05) is 0 Å². The van der Waals surface area contributed by atoms with Crippen LogP contribution >= 0.6 is 11.8 Å². The Hall–Kier alpha value is -3.57. The van der Waals surface area contributed by atoms with E-state index in [2.05, 4.69) is 30.5 Å². The van der Waals surface area contributed by atoms with Gasteiger partial charge in [0, 0.05) is 37.0 Å². The number of pyridine rings is 1. The number of hydrogen-bond acceptors (Lipinski definition) is 9. The summed E-state index contributed by atoms with van der Waals surface area (Å²) in [4.78, 5) is 38.6. The first-order chi connectivity index (χ1) is 17.0. The summed E-state index contributed by atoms with van der Waals surface area (Å²) in [5, 5.41) is 5.24. The van der Waals surface area contributed by atoms with Crippen molar-refractivity contribution >= 4 is 34.9 Å². The fraction of sp³-hybridized carbons (Fsp3) is 0.292. The molecular formula is C24H23FN6O3S. The minimum absolute atomic E-state index is 0.326. The number of aromatic nitrogens is 3. The maximum atomic E-state index is 14.2. The molecule has 3 aromatic rings. The number of rotatable bonds is 7. The molecule has 0 saturated carbocycles. The summed E-state index contributed by atoms with van der Waals surface area (Å²) in [6.07, 6.45) is 9.57. The first-order valence-electron chi connectivity index (χ1n) is 11.3. The Morgan fingerprint density at radius 3 is 2.86 bits per heavy atom. The third-order valence-electron chi connectivity index (χ3n) is 5.98. The van der Waals surface area contributed by atoms with Crippen molar-refractivity contribution in [1.82, 2.24) is 25.6 Å². The number of carbonyl (C=O) groups excluding carboxylic acids is 2. The molecule has 2 N–H and O–H groups in total. The zero-order valence-electron chi connectivity index (χ0n) is 18.7. The topological polar surface area (TPSA) is 113 Å². The predicted molar refractivity (Wildman–Crippen MR) is 130 cm³/mol. The van der Waals surface area contributed by atoms with E-state index in [-0.39, 0.29) is 11.1 Å². The van der Waals surface area contributed by atoms with Crippen LogP contribution in [0.1, 0.15) is 24.1 Å². The van der Waals surface area contributed by atoms with E-state index in [1.54, 1.807) is 43.0 Å². The lowest BCUT2D eigenvalue weighted by atomic mass is 9.97. The maximum absolute atomic E-state index is 14.2. The van der Waals surface area contributed by atoms with Gasteiger partial charge in [0.25, 0.3) is 11.1 Å². The van der Waals surface area contributed by atoms with Crippen LogP contribution in [0.15, 0.2) is 52.4 Å². The highest BCUT2D eigenvalue weighted by molar-refractivity contribution is 8.18. The zero-order chi connectivity index (χ0) is 24.2. The van der Waals surface area contributed by atoms with Crippen LogP contribution in [0.4, 0.5) is 15.1 Å². The molecule has 180 valence electrons. The molecule has 2 saturated heterocycles. The molecule has 2 fully saturated rings. The monoisotopic (exact) mass is 494 g/mol. The van der Waals surface area contributed by atoms with Crippen LogP contribution in [0.5, 0.6) is 0 Å². The highest BCUT2D eigenvalue weighted by atomic mass is 32.2. The quantitative estimate of drug-likeness (QED) is 0.476. The minimum atomic E-state index is -0.405. The third kappa shape index (κ3) is 5.57. The van der Waals surface area contributed by atoms with Crippen molar-refractivity contribution in [3.05, 3.63) is 65.1 Å². The molecule has 9 nitrogen and oxygen atoms in total. The predicted octanol–water partition coefficient (Wildman–Crippen LogP) is 3.60. The molecule has 2 amide bonds. The van der Waals surface area contributed by atoms with E-state index in [0.29, 0.717) is 40.3 Å². The van der Waals surface area contributed by atoms with Gasteiger partial charge in [0.2, 0.25) is 5.95 Å². The highest BCUT2D eigenvalue weighted by Gasteiger charge is 2.26. The summed E-state index contributed by atoms with van der Waals surface area (Å²) in [5.74, 6) is 0.327. The smallest absolute Gasteiger partial charge is 0.290 e. The highest BCUT2D eigenvalue weighted by Crippen LogP contribution is 2.26. The van der Waals surface area contributed by atoms with Crippen molar-refractivity contribution in [2.75, 3.05) is 24.5 Å². The molecule has 2 aliphatic rings. The second-order valence-corrected chi connectivity index (χ2v) is 9.38. The van der Waals surface area contributed by atoms with Crippen molar-refractivity contribution in [3.8, 4) is 11.3 Å². The second kappa shape index (κ2) is 10.4. The first kappa shape index (κ1) is 23.2. The number of nitrogens with one attached hydrogen (secondary N) is 2. The average molecular weight is 495 g/mol. The van der Waals surface area contributed by atoms with Gasteiger partial charge in [0.1, 0.15) is 5.82 Å². The largest absolute Gasteiger partial charge is 0.472 e. The fourth-order valence-corrected chi connectivity index (χ4v) is 4.75. The van der Waals surface area contributed by atoms with Gasteiger partial charge in [-0.2, -0.15) is 0 Å². The maximum Gasteiger partial charge on any atom is 0.290 e. The summed E-state index contributed by atoms with van der Waals surface area (Å²) in [6, 6.07) is 5.26. The first-order valence-corrected chi connectivity index (χ1v) is 12.1. The lowest BCUT2D eigenvalue weighted by Crippen LogP contribution is -2.38. The number of nitrogens with zero attached hydrogens (tertiary/aromatic N) is 4. The number of piperidine rings is 1. The zero-order valence-corrected chi connectivity index (χ0v) is 19.6. The Balaban J connectivity index is 1.13. The van der Waals surface area contributed by atoms with E-state index in [9.17, 15) is 14.0 Å². The molecule has 0 spiro atoms.